The molecule has 0 aliphatic heterocycles. The van der Waals surface area contributed by atoms with Gasteiger partial charge >= 0.3 is 0 Å². The van der Waals surface area contributed by atoms with Crippen LogP contribution in [0.3, 0.4) is 0 Å². The van der Waals surface area contributed by atoms with Crippen LogP contribution in [0, 0.1) is 0 Å². The van der Waals surface area contributed by atoms with E-state index < -0.39 is 6.10 Å². The fourth-order valence-corrected chi connectivity index (χ4v) is 1.94. The average Bonchev–Trinajstić information content (AvgIpc) is 2.46. The molecule has 94 valence electrons. The van der Waals surface area contributed by atoms with Crippen molar-refractivity contribution >= 4 is 0 Å². The molecule has 2 aromatic rings. The van der Waals surface area contributed by atoms with E-state index in [1.807, 2.05) is 42.5 Å². The highest BCUT2D eigenvalue weighted by molar-refractivity contribution is 5.28. The van der Waals surface area contributed by atoms with E-state index in [0.717, 1.165) is 24.2 Å². The molecule has 0 saturated carbocycles. The maximum absolute atomic E-state index is 10.1. The van der Waals surface area contributed by atoms with Crippen LogP contribution in [-0.4, -0.2) is 12.2 Å². The normalized spacial score (nSPS) is 12.1. The molecule has 2 heteroatoms. The average molecular weight is 242 g/mol. The summed E-state index contributed by atoms with van der Waals surface area (Å²) in [6.07, 6.45) is 1.20. The van der Waals surface area contributed by atoms with Gasteiger partial charge in [0.25, 0.3) is 0 Å². The van der Waals surface area contributed by atoms with Gasteiger partial charge in [-0.15, -0.1) is 0 Å². The number of aliphatic hydroxyl groups is 1. The van der Waals surface area contributed by atoms with Crippen LogP contribution < -0.4 is 4.74 Å². The van der Waals surface area contributed by atoms with Crippen molar-refractivity contribution in [1.29, 1.82) is 0 Å². The van der Waals surface area contributed by atoms with Gasteiger partial charge in [0.05, 0.1) is 13.2 Å². The van der Waals surface area contributed by atoms with Crippen molar-refractivity contribution in [2.45, 2.75) is 18.9 Å². The highest BCUT2D eigenvalue weighted by Crippen LogP contribution is 2.21. The standard InChI is InChI=1S/C16H18O2/c1-18-15-10-8-14(9-11-15)16(17)12-7-13-5-3-2-4-6-13/h2-6,8-11,16-17H,7,12H2,1H3/t16-/m1/s1. The van der Waals surface area contributed by atoms with Gasteiger partial charge in [-0.3, -0.25) is 0 Å². The molecule has 2 aromatic carbocycles. The van der Waals surface area contributed by atoms with Crippen molar-refractivity contribution < 1.29 is 9.84 Å². The van der Waals surface area contributed by atoms with Gasteiger partial charge in [0.15, 0.2) is 0 Å². The predicted molar refractivity (Wildman–Crippen MR) is 72.7 cm³/mol. The first-order valence-corrected chi connectivity index (χ1v) is 6.15. The molecule has 2 nitrogen and oxygen atoms in total. The summed E-state index contributed by atoms with van der Waals surface area (Å²) in [6.45, 7) is 0. The van der Waals surface area contributed by atoms with Gasteiger partial charge in [0.2, 0.25) is 0 Å². The van der Waals surface area contributed by atoms with Crippen molar-refractivity contribution in [3.05, 3.63) is 65.7 Å². The maximum atomic E-state index is 10.1. The van der Waals surface area contributed by atoms with E-state index in [4.69, 9.17) is 4.74 Å². The Labute approximate surface area is 108 Å². The zero-order chi connectivity index (χ0) is 12.8. The lowest BCUT2D eigenvalue weighted by Gasteiger charge is -2.11. The third-order valence-corrected chi connectivity index (χ3v) is 3.05. The van der Waals surface area contributed by atoms with Crippen molar-refractivity contribution in [2.75, 3.05) is 7.11 Å². The third kappa shape index (κ3) is 3.34. The summed E-state index contributed by atoms with van der Waals surface area (Å²) in [5.74, 6) is 0.814. The number of aliphatic hydroxyl groups excluding tert-OH is 1. The van der Waals surface area contributed by atoms with Crippen LogP contribution in [0.25, 0.3) is 0 Å². The van der Waals surface area contributed by atoms with E-state index in [-0.39, 0.29) is 0 Å². The molecule has 0 spiro atoms. The van der Waals surface area contributed by atoms with Crippen LogP contribution in [-0.2, 0) is 6.42 Å². The Bertz CT molecular complexity index is 462. The molecular weight excluding hydrogens is 224 g/mol. The number of hydrogen-bond donors (Lipinski definition) is 1. The molecule has 18 heavy (non-hydrogen) atoms. The van der Waals surface area contributed by atoms with Crippen molar-refractivity contribution in [1.82, 2.24) is 0 Å². The van der Waals surface area contributed by atoms with E-state index in [9.17, 15) is 5.11 Å². The summed E-state index contributed by atoms with van der Waals surface area (Å²) in [5.41, 5.74) is 2.19. The second-order valence-corrected chi connectivity index (χ2v) is 4.31. The van der Waals surface area contributed by atoms with Crippen LogP contribution in [0.1, 0.15) is 23.7 Å². The summed E-state index contributed by atoms with van der Waals surface area (Å²) >= 11 is 0. The second-order valence-electron chi connectivity index (χ2n) is 4.31. The van der Waals surface area contributed by atoms with Gasteiger partial charge in [-0.25, -0.2) is 0 Å². The lowest BCUT2D eigenvalue weighted by molar-refractivity contribution is 0.168. The third-order valence-electron chi connectivity index (χ3n) is 3.05. The zero-order valence-corrected chi connectivity index (χ0v) is 10.5. The first kappa shape index (κ1) is 12.7. The highest BCUT2D eigenvalue weighted by Gasteiger charge is 2.07. The first-order chi connectivity index (χ1) is 8.79. The smallest absolute Gasteiger partial charge is 0.118 e. The van der Waals surface area contributed by atoms with E-state index >= 15 is 0 Å². The number of benzene rings is 2. The largest absolute Gasteiger partial charge is 0.497 e. The number of aryl methyl sites for hydroxylation is 1. The Morgan fingerprint density at radius 1 is 1.00 bits per heavy atom. The van der Waals surface area contributed by atoms with Crippen LogP contribution >= 0.6 is 0 Å². The molecule has 0 amide bonds. The fourth-order valence-electron chi connectivity index (χ4n) is 1.94. The summed E-state index contributed by atoms with van der Waals surface area (Å²) in [4.78, 5) is 0. The topological polar surface area (TPSA) is 29.5 Å². The van der Waals surface area contributed by atoms with Crippen LogP contribution in [0.15, 0.2) is 54.6 Å². The van der Waals surface area contributed by atoms with E-state index in [0.29, 0.717) is 0 Å². The van der Waals surface area contributed by atoms with E-state index in [1.54, 1.807) is 7.11 Å². The maximum Gasteiger partial charge on any atom is 0.118 e. The summed E-state index contributed by atoms with van der Waals surface area (Å²) < 4.78 is 5.10. The molecule has 2 rings (SSSR count). The Hall–Kier alpha value is -1.80. The Balaban J connectivity index is 1.93. The van der Waals surface area contributed by atoms with Gasteiger partial charge in [-0.2, -0.15) is 0 Å². The molecule has 1 atom stereocenters. The minimum absolute atomic E-state index is 0.420. The van der Waals surface area contributed by atoms with Gasteiger partial charge in [0.1, 0.15) is 5.75 Å². The fraction of sp³-hybridized carbons (Fsp3) is 0.250. The minimum atomic E-state index is -0.420. The Kier molecular flexibility index (Phi) is 4.37. The van der Waals surface area contributed by atoms with E-state index in [1.165, 1.54) is 5.56 Å². The van der Waals surface area contributed by atoms with Crippen molar-refractivity contribution in [3.63, 3.8) is 0 Å². The van der Waals surface area contributed by atoms with Gasteiger partial charge in [0, 0.05) is 0 Å². The summed E-state index contributed by atoms with van der Waals surface area (Å²) in [7, 11) is 1.64. The molecule has 0 bridgehead atoms. The lowest BCUT2D eigenvalue weighted by Crippen LogP contribution is -1.99. The van der Waals surface area contributed by atoms with E-state index in [2.05, 4.69) is 12.1 Å². The molecule has 0 unspecified atom stereocenters. The Morgan fingerprint density at radius 3 is 2.28 bits per heavy atom. The molecule has 0 fully saturated rings. The highest BCUT2D eigenvalue weighted by atomic mass is 16.5. The van der Waals surface area contributed by atoms with Crippen LogP contribution in [0.5, 0.6) is 5.75 Å². The first-order valence-electron chi connectivity index (χ1n) is 6.15. The molecule has 0 aliphatic carbocycles. The predicted octanol–water partition coefficient (Wildman–Crippen LogP) is 3.36. The minimum Gasteiger partial charge on any atom is -0.497 e. The second kappa shape index (κ2) is 6.22. The number of hydrogen-bond acceptors (Lipinski definition) is 2. The lowest BCUT2D eigenvalue weighted by atomic mass is 10.0. The Morgan fingerprint density at radius 2 is 1.67 bits per heavy atom. The van der Waals surface area contributed by atoms with Crippen molar-refractivity contribution in [2.24, 2.45) is 0 Å². The molecule has 0 aromatic heterocycles. The van der Waals surface area contributed by atoms with Crippen molar-refractivity contribution in [3.8, 4) is 5.75 Å². The quantitative estimate of drug-likeness (QED) is 0.871. The number of ether oxygens (including phenoxy) is 1. The van der Waals surface area contributed by atoms with Crippen LogP contribution in [0.4, 0.5) is 0 Å². The monoisotopic (exact) mass is 242 g/mol. The molecular formula is C16H18O2. The molecule has 0 heterocycles. The SMILES string of the molecule is COc1ccc([C@H](O)CCc2ccccc2)cc1. The molecule has 0 saturated heterocycles. The van der Waals surface area contributed by atoms with Gasteiger partial charge in [-0.05, 0) is 36.1 Å². The van der Waals surface area contributed by atoms with Gasteiger partial charge in [-0.1, -0.05) is 42.5 Å². The number of rotatable bonds is 5. The number of methoxy groups -OCH3 is 1. The summed E-state index contributed by atoms with van der Waals surface area (Å²) in [5, 5.41) is 10.1. The molecule has 0 aliphatic rings. The zero-order valence-electron chi connectivity index (χ0n) is 10.5. The van der Waals surface area contributed by atoms with Gasteiger partial charge < -0.3 is 9.84 Å². The molecule has 1 N–H and O–H groups in total. The summed E-state index contributed by atoms with van der Waals surface area (Å²) in [6, 6.07) is 17.8. The van der Waals surface area contributed by atoms with Crippen LogP contribution in [0.2, 0.25) is 0 Å². The molecule has 0 radical (unpaired) electrons.